The van der Waals surface area contributed by atoms with E-state index in [2.05, 4.69) is 60.7 Å². The van der Waals surface area contributed by atoms with Gasteiger partial charge in [-0.3, -0.25) is 0 Å². The molecule has 0 bridgehead atoms. The molecule has 100 valence electrons. The van der Waals surface area contributed by atoms with Gasteiger partial charge >= 0.3 is 0 Å². The molecular formula is C19H24. The van der Waals surface area contributed by atoms with Crippen molar-refractivity contribution >= 4 is 0 Å². The van der Waals surface area contributed by atoms with Crippen LogP contribution < -0.4 is 0 Å². The van der Waals surface area contributed by atoms with E-state index in [9.17, 15) is 0 Å². The highest BCUT2D eigenvalue weighted by molar-refractivity contribution is 5.15. The van der Waals surface area contributed by atoms with Crippen LogP contribution in [0.5, 0.6) is 0 Å². The predicted molar refractivity (Wildman–Crippen MR) is 83.4 cm³/mol. The minimum atomic E-state index is 1.24. The van der Waals surface area contributed by atoms with Crippen LogP contribution in [0.1, 0.15) is 43.2 Å². The molecular weight excluding hydrogens is 228 g/mol. The molecule has 0 spiro atoms. The summed E-state index contributed by atoms with van der Waals surface area (Å²) in [4.78, 5) is 0. The van der Waals surface area contributed by atoms with Gasteiger partial charge in [0.25, 0.3) is 0 Å². The Kier molecular flexibility index (Phi) is 6.22. The Morgan fingerprint density at radius 2 is 0.789 bits per heavy atom. The van der Waals surface area contributed by atoms with Gasteiger partial charge in [-0.25, -0.2) is 0 Å². The van der Waals surface area contributed by atoms with E-state index in [4.69, 9.17) is 0 Å². The summed E-state index contributed by atoms with van der Waals surface area (Å²) in [6.07, 6.45) is 9.23. The maximum Gasteiger partial charge on any atom is -0.0279 e. The van der Waals surface area contributed by atoms with Gasteiger partial charge in [0, 0.05) is 0 Å². The van der Waals surface area contributed by atoms with E-state index in [0.717, 1.165) is 0 Å². The Balaban J connectivity index is 1.49. The van der Waals surface area contributed by atoms with Gasteiger partial charge in [-0.2, -0.15) is 0 Å². The smallest absolute Gasteiger partial charge is 0.0279 e. The molecule has 19 heavy (non-hydrogen) atoms. The van der Waals surface area contributed by atoms with Crippen LogP contribution in [0.15, 0.2) is 60.7 Å². The first kappa shape index (κ1) is 13.9. The molecule has 0 fully saturated rings. The van der Waals surface area contributed by atoms with Crippen LogP contribution >= 0.6 is 0 Å². The third-order valence-corrected chi connectivity index (χ3v) is 3.62. The molecule has 0 aliphatic rings. The van der Waals surface area contributed by atoms with Gasteiger partial charge in [-0.1, -0.05) is 79.9 Å². The average Bonchev–Trinajstić information content (AvgIpc) is 2.48. The number of hydrogen-bond donors (Lipinski definition) is 0. The fourth-order valence-corrected chi connectivity index (χ4v) is 2.48. The maximum absolute atomic E-state index is 2.23. The molecule has 0 aromatic heterocycles. The maximum atomic E-state index is 2.23. The summed E-state index contributed by atoms with van der Waals surface area (Å²) in [5, 5.41) is 0. The van der Waals surface area contributed by atoms with Gasteiger partial charge < -0.3 is 0 Å². The van der Waals surface area contributed by atoms with Crippen LogP contribution in [0.4, 0.5) is 0 Å². The Bertz CT molecular complexity index is 387. The Morgan fingerprint density at radius 1 is 0.421 bits per heavy atom. The molecule has 2 aromatic rings. The molecule has 0 aliphatic carbocycles. The predicted octanol–water partition coefficient (Wildman–Crippen LogP) is 5.42. The minimum Gasteiger partial charge on any atom is -0.0622 e. The highest BCUT2D eigenvalue weighted by atomic mass is 14.0. The molecule has 2 aromatic carbocycles. The lowest BCUT2D eigenvalue weighted by Gasteiger charge is -2.03. The van der Waals surface area contributed by atoms with E-state index in [1.165, 1.54) is 56.1 Å². The standard InChI is InChI=1S/C19H24/c1(2-6-12-18-14-8-4-9-15-18)3-7-13-19-16-10-5-11-17-19/h4-5,8-11,14-17H,1-3,6-7,12-13H2. The first-order valence-electron chi connectivity index (χ1n) is 7.53. The normalized spacial score (nSPS) is 10.5. The molecule has 0 heteroatoms. The number of hydrogen-bond acceptors (Lipinski definition) is 0. The van der Waals surface area contributed by atoms with E-state index in [1.807, 2.05) is 0 Å². The van der Waals surface area contributed by atoms with E-state index in [-0.39, 0.29) is 0 Å². The van der Waals surface area contributed by atoms with Crippen LogP contribution in [0.3, 0.4) is 0 Å². The van der Waals surface area contributed by atoms with Crippen LogP contribution in [0.25, 0.3) is 0 Å². The SMILES string of the molecule is c1ccc(CCCCCCCc2ccccc2)cc1. The lowest BCUT2D eigenvalue weighted by atomic mass is 10.0. The van der Waals surface area contributed by atoms with Gasteiger partial charge in [0.15, 0.2) is 0 Å². The molecule has 0 nitrogen and oxygen atoms in total. The van der Waals surface area contributed by atoms with Crippen LogP contribution in [0.2, 0.25) is 0 Å². The second-order valence-corrected chi connectivity index (χ2v) is 5.24. The van der Waals surface area contributed by atoms with Crippen molar-refractivity contribution in [2.24, 2.45) is 0 Å². The van der Waals surface area contributed by atoms with Gasteiger partial charge in [-0.15, -0.1) is 0 Å². The van der Waals surface area contributed by atoms with Crippen molar-refractivity contribution in [2.45, 2.75) is 44.9 Å². The molecule has 0 aliphatic heterocycles. The monoisotopic (exact) mass is 252 g/mol. The number of rotatable bonds is 8. The van der Waals surface area contributed by atoms with Gasteiger partial charge in [0.05, 0.1) is 0 Å². The molecule has 0 unspecified atom stereocenters. The summed E-state index contributed by atoms with van der Waals surface area (Å²) in [6, 6.07) is 21.6. The van der Waals surface area contributed by atoms with Crippen molar-refractivity contribution in [1.82, 2.24) is 0 Å². The first-order valence-corrected chi connectivity index (χ1v) is 7.53. The summed E-state index contributed by atoms with van der Waals surface area (Å²) in [5.41, 5.74) is 2.96. The van der Waals surface area contributed by atoms with E-state index < -0.39 is 0 Å². The molecule has 0 saturated heterocycles. The molecule has 0 radical (unpaired) electrons. The molecule has 2 rings (SSSR count). The summed E-state index contributed by atoms with van der Waals surface area (Å²) in [7, 11) is 0. The minimum absolute atomic E-state index is 1.24. The number of benzene rings is 2. The molecule has 0 amide bonds. The van der Waals surface area contributed by atoms with E-state index in [0.29, 0.717) is 0 Å². The lowest BCUT2D eigenvalue weighted by Crippen LogP contribution is -1.87. The molecule has 0 saturated carbocycles. The second-order valence-electron chi connectivity index (χ2n) is 5.24. The first-order chi connectivity index (χ1) is 9.45. The average molecular weight is 252 g/mol. The van der Waals surface area contributed by atoms with Crippen molar-refractivity contribution in [1.29, 1.82) is 0 Å². The van der Waals surface area contributed by atoms with E-state index in [1.54, 1.807) is 0 Å². The van der Waals surface area contributed by atoms with Crippen molar-refractivity contribution in [3.8, 4) is 0 Å². The van der Waals surface area contributed by atoms with Gasteiger partial charge in [-0.05, 0) is 36.8 Å². The quantitative estimate of drug-likeness (QED) is 0.550. The summed E-state index contributed by atoms with van der Waals surface area (Å²) < 4.78 is 0. The zero-order chi connectivity index (χ0) is 13.2. The van der Waals surface area contributed by atoms with Crippen molar-refractivity contribution < 1.29 is 0 Å². The fraction of sp³-hybridized carbons (Fsp3) is 0.368. The Morgan fingerprint density at radius 3 is 1.21 bits per heavy atom. The summed E-state index contributed by atoms with van der Waals surface area (Å²) in [5.74, 6) is 0. The van der Waals surface area contributed by atoms with Crippen LogP contribution in [0, 0.1) is 0 Å². The van der Waals surface area contributed by atoms with Crippen molar-refractivity contribution in [3.05, 3.63) is 71.8 Å². The molecule has 0 N–H and O–H groups in total. The largest absolute Gasteiger partial charge is 0.0622 e. The Hall–Kier alpha value is -1.56. The topological polar surface area (TPSA) is 0 Å². The van der Waals surface area contributed by atoms with E-state index >= 15 is 0 Å². The van der Waals surface area contributed by atoms with Crippen molar-refractivity contribution in [3.63, 3.8) is 0 Å². The summed E-state index contributed by atoms with van der Waals surface area (Å²) in [6.45, 7) is 0. The zero-order valence-corrected chi connectivity index (χ0v) is 11.7. The number of aryl methyl sites for hydroxylation is 2. The molecule has 0 heterocycles. The third-order valence-electron chi connectivity index (χ3n) is 3.62. The summed E-state index contributed by atoms with van der Waals surface area (Å²) >= 11 is 0. The van der Waals surface area contributed by atoms with Gasteiger partial charge in [0.1, 0.15) is 0 Å². The second kappa shape index (κ2) is 8.53. The zero-order valence-electron chi connectivity index (χ0n) is 11.7. The highest BCUT2D eigenvalue weighted by Crippen LogP contribution is 2.11. The number of unbranched alkanes of at least 4 members (excludes halogenated alkanes) is 4. The van der Waals surface area contributed by atoms with Crippen molar-refractivity contribution in [2.75, 3.05) is 0 Å². The molecule has 0 atom stereocenters. The third kappa shape index (κ3) is 5.74. The van der Waals surface area contributed by atoms with Crippen LogP contribution in [-0.2, 0) is 12.8 Å². The fourth-order valence-electron chi connectivity index (χ4n) is 2.48. The van der Waals surface area contributed by atoms with Gasteiger partial charge in [0.2, 0.25) is 0 Å². The highest BCUT2D eigenvalue weighted by Gasteiger charge is 1.95. The Labute approximate surface area is 117 Å². The van der Waals surface area contributed by atoms with Crippen LogP contribution in [-0.4, -0.2) is 0 Å². The lowest BCUT2D eigenvalue weighted by molar-refractivity contribution is 0.613.